The highest BCUT2D eigenvalue weighted by atomic mass is 32.2. The van der Waals surface area contributed by atoms with Gasteiger partial charge in [-0.25, -0.2) is 4.39 Å². The smallest absolute Gasteiger partial charge is 0.124 e. The Kier molecular flexibility index (Phi) is 6.45. The molecule has 1 aromatic rings. The zero-order valence-electron chi connectivity index (χ0n) is 9.58. The van der Waals surface area contributed by atoms with Crippen molar-refractivity contribution in [3.05, 3.63) is 30.1 Å². The fourth-order valence-corrected chi connectivity index (χ4v) is 2.45. The van der Waals surface area contributed by atoms with Crippen LogP contribution in [0.4, 0.5) is 4.39 Å². The normalized spacial score (nSPS) is 12.7. The highest BCUT2D eigenvalue weighted by Crippen LogP contribution is 2.20. The van der Waals surface area contributed by atoms with Crippen LogP contribution in [0.5, 0.6) is 0 Å². The third-order valence-electron chi connectivity index (χ3n) is 2.39. The third-order valence-corrected chi connectivity index (χ3v) is 3.55. The summed E-state index contributed by atoms with van der Waals surface area (Å²) in [6.07, 6.45) is 3.40. The summed E-state index contributed by atoms with van der Waals surface area (Å²) in [5, 5.41) is 0. The predicted octanol–water partition coefficient (Wildman–Crippen LogP) is 2.94. The van der Waals surface area contributed by atoms with Gasteiger partial charge in [-0.1, -0.05) is 25.8 Å². The molecule has 0 amide bonds. The molecule has 3 N–H and O–H groups in total. The summed E-state index contributed by atoms with van der Waals surface area (Å²) >= 11 is 1.64. The summed E-state index contributed by atoms with van der Waals surface area (Å²) in [7, 11) is 0. The van der Waals surface area contributed by atoms with Gasteiger partial charge in [-0.05, 0) is 24.6 Å². The Balaban J connectivity index is 2.37. The first-order valence-corrected chi connectivity index (χ1v) is 6.59. The summed E-state index contributed by atoms with van der Waals surface area (Å²) in [6, 6.07) is 6.96. The molecule has 0 aromatic heterocycles. The summed E-state index contributed by atoms with van der Waals surface area (Å²) in [4.78, 5) is 0.955. The maximum Gasteiger partial charge on any atom is 0.124 e. The van der Waals surface area contributed by atoms with Gasteiger partial charge >= 0.3 is 0 Å². The van der Waals surface area contributed by atoms with E-state index in [1.807, 2.05) is 6.07 Å². The number of nitrogens with two attached hydrogens (primary N) is 1. The van der Waals surface area contributed by atoms with Gasteiger partial charge in [0.25, 0.3) is 0 Å². The second-order valence-electron chi connectivity index (χ2n) is 3.77. The molecule has 4 heteroatoms. The van der Waals surface area contributed by atoms with E-state index in [0.29, 0.717) is 6.04 Å². The molecular weight excluding hydrogens is 223 g/mol. The van der Waals surface area contributed by atoms with Crippen LogP contribution in [0.2, 0.25) is 0 Å². The lowest BCUT2D eigenvalue weighted by atomic mass is 10.1. The summed E-state index contributed by atoms with van der Waals surface area (Å²) in [6.45, 7) is 2.16. The van der Waals surface area contributed by atoms with Gasteiger partial charge in [0, 0.05) is 16.7 Å². The van der Waals surface area contributed by atoms with E-state index in [2.05, 4.69) is 12.3 Å². The first-order chi connectivity index (χ1) is 7.76. The van der Waals surface area contributed by atoms with Crippen LogP contribution in [0.15, 0.2) is 29.2 Å². The van der Waals surface area contributed by atoms with Gasteiger partial charge < -0.3 is 0 Å². The molecule has 1 rings (SSSR count). The Morgan fingerprint density at radius 3 is 2.94 bits per heavy atom. The van der Waals surface area contributed by atoms with Crippen molar-refractivity contribution in [2.75, 3.05) is 5.75 Å². The van der Waals surface area contributed by atoms with E-state index in [9.17, 15) is 4.39 Å². The Hall–Kier alpha value is -0.580. The minimum absolute atomic E-state index is 0.184. The fraction of sp³-hybridized carbons (Fsp3) is 0.500. The predicted molar refractivity (Wildman–Crippen MR) is 67.8 cm³/mol. The lowest BCUT2D eigenvalue weighted by Gasteiger charge is -2.14. The van der Waals surface area contributed by atoms with Crippen molar-refractivity contribution in [1.29, 1.82) is 0 Å². The molecule has 1 atom stereocenters. The van der Waals surface area contributed by atoms with Gasteiger partial charge in [-0.3, -0.25) is 11.3 Å². The van der Waals surface area contributed by atoms with E-state index in [4.69, 9.17) is 5.84 Å². The van der Waals surface area contributed by atoms with Crippen LogP contribution in [0, 0.1) is 5.82 Å². The number of thioether (sulfide) groups is 1. The maximum absolute atomic E-state index is 12.9. The molecule has 0 fully saturated rings. The van der Waals surface area contributed by atoms with Crippen LogP contribution in [0.1, 0.15) is 26.2 Å². The van der Waals surface area contributed by atoms with Crippen LogP contribution in [-0.4, -0.2) is 11.8 Å². The SMILES string of the molecule is CCCCC(CSc1cccc(F)c1)NN. The summed E-state index contributed by atoms with van der Waals surface area (Å²) < 4.78 is 12.9. The van der Waals surface area contributed by atoms with Crippen molar-refractivity contribution >= 4 is 11.8 Å². The van der Waals surface area contributed by atoms with Gasteiger partial charge in [0.1, 0.15) is 5.82 Å². The van der Waals surface area contributed by atoms with Crippen LogP contribution in [0.25, 0.3) is 0 Å². The minimum Gasteiger partial charge on any atom is -0.271 e. The lowest BCUT2D eigenvalue weighted by Crippen LogP contribution is -2.36. The highest BCUT2D eigenvalue weighted by molar-refractivity contribution is 7.99. The highest BCUT2D eigenvalue weighted by Gasteiger charge is 2.06. The van der Waals surface area contributed by atoms with Crippen molar-refractivity contribution in [2.24, 2.45) is 5.84 Å². The van der Waals surface area contributed by atoms with Crippen LogP contribution < -0.4 is 11.3 Å². The molecule has 0 radical (unpaired) electrons. The largest absolute Gasteiger partial charge is 0.271 e. The number of nitrogens with one attached hydrogen (secondary N) is 1. The number of hydrazine groups is 1. The van der Waals surface area contributed by atoms with Crippen LogP contribution >= 0.6 is 11.8 Å². The lowest BCUT2D eigenvalue weighted by molar-refractivity contribution is 0.516. The van der Waals surface area contributed by atoms with Gasteiger partial charge in [-0.15, -0.1) is 11.8 Å². The average molecular weight is 242 g/mol. The molecule has 0 bridgehead atoms. The topological polar surface area (TPSA) is 38.0 Å². The molecule has 0 saturated heterocycles. The van der Waals surface area contributed by atoms with Gasteiger partial charge in [0.05, 0.1) is 0 Å². The van der Waals surface area contributed by atoms with E-state index in [1.165, 1.54) is 18.9 Å². The Bertz CT molecular complexity index is 307. The summed E-state index contributed by atoms with van der Waals surface area (Å²) in [5.74, 6) is 6.16. The number of unbranched alkanes of at least 4 members (excludes halogenated alkanes) is 1. The van der Waals surface area contributed by atoms with Crippen LogP contribution in [-0.2, 0) is 0 Å². The van der Waals surface area contributed by atoms with Gasteiger partial charge in [0.15, 0.2) is 0 Å². The molecule has 90 valence electrons. The number of hydrogen-bond donors (Lipinski definition) is 2. The number of benzene rings is 1. The van der Waals surface area contributed by atoms with Gasteiger partial charge in [0.2, 0.25) is 0 Å². The molecule has 0 aliphatic rings. The first-order valence-electron chi connectivity index (χ1n) is 5.60. The summed E-state index contributed by atoms with van der Waals surface area (Å²) in [5.41, 5.74) is 2.81. The van der Waals surface area contributed by atoms with E-state index < -0.39 is 0 Å². The van der Waals surface area contributed by atoms with Gasteiger partial charge in [-0.2, -0.15) is 0 Å². The quantitative estimate of drug-likeness (QED) is 0.438. The maximum atomic E-state index is 12.9. The molecule has 0 aliphatic heterocycles. The standard InChI is InChI=1S/C12H19FN2S/c1-2-3-6-11(15-14)9-16-12-7-4-5-10(13)8-12/h4-5,7-8,11,15H,2-3,6,9,14H2,1H3. The molecule has 16 heavy (non-hydrogen) atoms. The van der Waals surface area contributed by atoms with E-state index in [0.717, 1.165) is 17.1 Å². The second-order valence-corrected chi connectivity index (χ2v) is 4.87. The monoisotopic (exact) mass is 242 g/mol. The molecule has 1 unspecified atom stereocenters. The minimum atomic E-state index is -0.184. The zero-order chi connectivity index (χ0) is 11.8. The fourth-order valence-electron chi connectivity index (χ4n) is 1.42. The second kappa shape index (κ2) is 7.65. The first kappa shape index (κ1) is 13.5. The average Bonchev–Trinajstić information content (AvgIpc) is 2.29. The van der Waals surface area contributed by atoms with Crippen molar-refractivity contribution < 1.29 is 4.39 Å². The Morgan fingerprint density at radius 2 is 2.31 bits per heavy atom. The Morgan fingerprint density at radius 1 is 1.50 bits per heavy atom. The number of halogens is 1. The molecule has 0 spiro atoms. The molecule has 0 aliphatic carbocycles. The molecule has 0 heterocycles. The zero-order valence-corrected chi connectivity index (χ0v) is 10.4. The molecule has 1 aromatic carbocycles. The van der Waals surface area contributed by atoms with Crippen molar-refractivity contribution in [3.8, 4) is 0 Å². The molecule has 2 nitrogen and oxygen atoms in total. The third kappa shape index (κ3) is 4.96. The number of rotatable bonds is 7. The van der Waals surface area contributed by atoms with E-state index in [-0.39, 0.29) is 5.82 Å². The molecular formula is C12H19FN2S. The van der Waals surface area contributed by atoms with E-state index >= 15 is 0 Å². The van der Waals surface area contributed by atoms with E-state index in [1.54, 1.807) is 23.9 Å². The Labute approximate surface area is 101 Å². The van der Waals surface area contributed by atoms with Crippen molar-refractivity contribution in [3.63, 3.8) is 0 Å². The molecule has 0 saturated carbocycles. The number of hydrogen-bond acceptors (Lipinski definition) is 3. The van der Waals surface area contributed by atoms with Crippen molar-refractivity contribution in [1.82, 2.24) is 5.43 Å². The van der Waals surface area contributed by atoms with Crippen molar-refractivity contribution in [2.45, 2.75) is 37.1 Å². The van der Waals surface area contributed by atoms with Crippen LogP contribution in [0.3, 0.4) is 0 Å².